The van der Waals surface area contributed by atoms with Crippen LogP contribution in [0.4, 0.5) is 0 Å². The van der Waals surface area contributed by atoms with Crippen LogP contribution < -0.4 is 10.0 Å². The van der Waals surface area contributed by atoms with Gasteiger partial charge in [-0.15, -0.1) is 0 Å². The third kappa shape index (κ3) is 7.17. The molecule has 3 aromatic carbocycles. The number of hydrogen-bond donors (Lipinski definition) is 2. The van der Waals surface area contributed by atoms with Crippen LogP contribution in [0.2, 0.25) is 0 Å². The number of methoxy groups -OCH3 is 1. The molecule has 202 valence electrons. The van der Waals surface area contributed by atoms with Crippen LogP contribution in [0.3, 0.4) is 0 Å². The van der Waals surface area contributed by atoms with E-state index in [1.165, 1.54) is 7.11 Å². The standard InChI is InChI=1S/C31H32N2O5S/c1-22-13-15-27(16-14-22)39(36,37)33-21-25-18-29(34)30(24-11-7-4-8-12-24)28(25)17-26(31(35)38-2)20-32-19-23-9-5-3-6-10-23/h3-17,25,32-33H,18-21H2,1-2H3/b26-17+. The molecular weight excluding hydrogens is 512 g/mol. The van der Waals surface area contributed by atoms with E-state index < -0.39 is 21.9 Å². The van der Waals surface area contributed by atoms with Gasteiger partial charge in [0.1, 0.15) is 0 Å². The molecule has 4 rings (SSSR count). The number of esters is 1. The van der Waals surface area contributed by atoms with Gasteiger partial charge in [-0.3, -0.25) is 4.79 Å². The van der Waals surface area contributed by atoms with Crippen molar-refractivity contribution >= 4 is 27.3 Å². The molecule has 39 heavy (non-hydrogen) atoms. The summed E-state index contributed by atoms with van der Waals surface area (Å²) in [6.07, 6.45) is 1.81. The summed E-state index contributed by atoms with van der Waals surface area (Å²) in [7, 11) is -2.48. The van der Waals surface area contributed by atoms with E-state index in [2.05, 4.69) is 10.0 Å². The number of Topliss-reactive ketones (excluding diaryl/α,β-unsaturated/α-hetero) is 1. The van der Waals surface area contributed by atoms with Gasteiger partial charge < -0.3 is 10.1 Å². The van der Waals surface area contributed by atoms with Crippen LogP contribution in [0.1, 0.15) is 23.1 Å². The number of carbonyl (C=O) groups is 2. The second kappa shape index (κ2) is 12.8. The smallest absolute Gasteiger partial charge is 0.335 e. The number of sulfonamides is 1. The van der Waals surface area contributed by atoms with Crippen molar-refractivity contribution < 1.29 is 22.7 Å². The van der Waals surface area contributed by atoms with Crippen LogP contribution >= 0.6 is 0 Å². The molecule has 0 saturated carbocycles. The van der Waals surface area contributed by atoms with Crippen LogP contribution in [-0.4, -0.2) is 40.4 Å². The highest BCUT2D eigenvalue weighted by atomic mass is 32.2. The van der Waals surface area contributed by atoms with Crippen molar-refractivity contribution in [1.82, 2.24) is 10.0 Å². The summed E-state index contributed by atoms with van der Waals surface area (Å²) in [4.78, 5) is 26.2. The summed E-state index contributed by atoms with van der Waals surface area (Å²) in [5, 5.41) is 3.27. The number of hydrogen-bond acceptors (Lipinski definition) is 6. The lowest BCUT2D eigenvalue weighted by molar-refractivity contribution is -0.136. The molecule has 0 fully saturated rings. The molecular formula is C31H32N2O5S. The number of ketones is 1. The van der Waals surface area contributed by atoms with Crippen molar-refractivity contribution in [3.63, 3.8) is 0 Å². The first-order chi connectivity index (χ1) is 18.8. The average Bonchev–Trinajstić information content (AvgIpc) is 3.26. The zero-order valence-corrected chi connectivity index (χ0v) is 22.8. The minimum absolute atomic E-state index is 0.00993. The molecule has 1 aliphatic rings. The van der Waals surface area contributed by atoms with E-state index in [1.807, 2.05) is 67.6 Å². The van der Waals surface area contributed by atoms with Gasteiger partial charge in [0, 0.05) is 37.5 Å². The molecule has 0 amide bonds. The molecule has 0 bridgehead atoms. The first kappa shape index (κ1) is 28.2. The highest BCUT2D eigenvalue weighted by Gasteiger charge is 2.33. The van der Waals surface area contributed by atoms with Crippen molar-refractivity contribution in [2.75, 3.05) is 20.2 Å². The van der Waals surface area contributed by atoms with E-state index in [1.54, 1.807) is 30.3 Å². The molecule has 1 aliphatic carbocycles. The van der Waals surface area contributed by atoms with Crippen LogP contribution in [0.25, 0.3) is 5.57 Å². The van der Waals surface area contributed by atoms with E-state index in [-0.39, 0.29) is 30.2 Å². The van der Waals surface area contributed by atoms with Gasteiger partial charge in [0.15, 0.2) is 5.78 Å². The fraction of sp³-hybridized carbons (Fsp3) is 0.226. The van der Waals surface area contributed by atoms with E-state index in [0.717, 1.165) is 16.7 Å². The highest BCUT2D eigenvalue weighted by Crippen LogP contribution is 2.37. The van der Waals surface area contributed by atoms with Gasteiger partial charge in [-0.2, -0.15) is 0 Å². The molecule has 0 saturated heterocycles. The number of aryl methyl sites for hydroxylation is 1. The Morgan fingerprint density at radius 3 is 2.26 bits per heavy atom. The van der Waals surface area contributed by atoms with E-state index in [0.29, 0.717) is 23.3 Å². The highest BCUT2D eigenvalue weighted by molar-refractivity contribution is 7.89. The summed E-state index contributed by atoms with van der Waals surface area (Å²) >= 11 is 0. The van der Waals surface area contributed by atoms with E-state index >= 15 is 0 Å². The number of nitrogens with one attached hydrogen (secondary N) is 2. The lowest BCUT2D eigenvalue weighted by Gasteiger charge is -2.16. The minimum atomic E-state index is -3.79. The molecule has 1 unspecified atom stereocenters. The average molecular weight is 545 g/mol. The molecule has 1 atom stereocenters. The molecule has 0 aromatic heterocycles. The third-order valence-corrected chi connectivity index (χ3v) is 8.06. The molecule has 7 nitrogen and oxygen atoms in total. The Bertz CT molecular complexity index is 1480. The topological polar surface area (TPSA) is 102 Å². The van der Waals surface area contributed by atoms with Gasteiger partial charge >= 0.3 is 5.97 Å². The maximum Gasteiger partial charge on any atom is 0.335 e. The van der Waals surface area contributed by atoms with Crippen molar-refractivity contribution in [3.8, 4) is 0 Å². The molecule has 8 heteroatoms. The number of carbonyl (C=O) groups excluding carboxylic acids is 2. The van der Waals surface area contributed by atoms with E-state index in [4.69, 9.17) is 4.74 Å². The molecule has 2 N–H and O–H groups in total. The summed E-state index contributed by atoms with van der Waals surface area (Å²) in [5.74, 6) is -1.08. The predicted octanol–water partition coefficient (Wildman–Crippen LogP) is 4.21. The number of ether oxygens (including phenoxy) is 1. The largest absolute Gasteiger partial charge is 0.466 e. The molecule has 0 aliphatic heterocycles. The van der Waals surface area contributed by atoms with E-state index in [9.17, 15) is 18.0 Å². The van der Waals surface area contributed by atoms with Crippen LogP contribution in [0, 0.1) is 12.8 Å². The number of rotatable bonds is 11. The Hall–Kier alpha value is -3.85. The van der Waals surface area contributed by atoms with Crippen LogP contribution in [-0.2, 0) is 30.9 Å². The van der Waals surface area contributed by atoms with Gasteiger partial charge in [-0.05, 0) is 41.8 Å². The molecule has 0 heterocycles. The van der Waals surface area contributed by atoms with Gasteiger partial charge in [0.2, 0.25) is 10.0 Å². The Morgan fingerprint density at radius 1 is 0.974 bits per heavy atom. The fourth-order valence-electron chi connectivity index (χ4n) is 4.55. The van der Waals surface area contributed by atoms with Gasteiger partial charge in [-0.25, -0.2) is 17.9 Å². The summed E-state index contributed by atoms with van der Waals surface area (Å²) in [5.41, 5.74) is 4.18. The second-order valence-corrected chi connectivity index (χ2v) is 11.2. The Kier molecular flexibility index (Phi) is 9.24. The lowest BCUT2D eigenvalue weighted by atomic mass is 9.95. The predicted molar refractivity (Wildman–Crippen MR) is 151 cm³/mol. The van der Waals surface area contributed by atoms with Crippen molar-refractivity contribution in [2.24, 2.45) is 5.92 Å². The van der Waals surface area contributed by atoms with Crippen LogP contribution in [0.15, 0.2) is 107 Å². The minimum Gasteiger partial charge on any atom is -0.466 e. The maximum atomic E-state index is 13.3. The lowest BCUT2D eigenvalue weighted by Crippen LogP contribution is -2.30. The Morgan fingerprint density at radius 2 is 1.62 bits per heavy atom. The van der Waals surface area contributed by atoms with Gasteiger partial charge in [-0.1, -0.05) is 78.4 Å². The Labute approximate surface area is 229 Å². The van der Waals surface area contributed by atoms with Gasteiger partial charge in [0.25, 0.3) is 0 Å². The first-order valence-electron chi connectivity index (χ1n) is 12.7. The number of allylic oxidation sites excluding steroid dienone is 2. The SMILES string of the molecule is COC(=O)/C(=C/C1=C(c2ccccc2)C(=O)CC1CNS(=O)(=O)c1ccc(C)cc1)CNCc1ccccc1. The fourth-order valence-corrected chi connectivity index (χ4v) is 5.64. The van der Waals surface area contributed by atoms with Crippen LogP contribution in [0.5, 0.6) is 0 Å². The summed E-state index contributed by atoms with van der Waals surface area (Å²) in [6.45, 7) is 2.65. The number of benzene rings is 3. The monoisotopic (exact) mass is 544 g/mol. The molecule has 0 spiro atoms. The third-order valence-electron chi connectivity index (χ3n) is 6.62. The zero-order chi connectivity index (χ0) is 27.8. The quantitative estimate of drug-likeness (QED) is 0.277. The zero-order valence-electron chi connectivity index (χ0n) is 22.0. The van der Waals surface area contributed by atoms with Gasteiger partial charge in [0.05, 0.1) is 17.6 Å². The first-order valence-corrected chi connectivity index (χ1v) is 14.2. The Balaban J connectivity index is 1.65. The van der Waals surface area contributed by atoms with Crippen molar-refractivity contribution in [2.45, 2.75) is 24.8 Å². The summed E-state index contributed by atoms with van der Waals surface area (Å²) in [6, 6.07) is 25.6. The molecule has 0 radical (unpaired) electrons. The van der Waals surface area contributed by atoms with Crippen molar-refractivity contribution in [3.05, 3.63) is 119 Å². The summed E-state index contributed by atoms with van der Waals surface area (Å²) < 4.78 is 33.7. The second-order valence-electron chi connectivity index (χ2n) is 9.44. The normalized spacial score (nSPS) is 16.0. The van der Waals surface area contributed by atoms with Crippen molar-refractivity contribution in [1.29, 1.82) is 0 Å². The maximum absolute atomic E-state index is 13.3. The molecule has 3 aromatic rings.